The SMILES string of the molecule is COc1cc(OC)c(OC)cc1CCS. The maximum Gasteiger partial charge on any atom is 0.164 e. The van der Waals surface area contributed by atoms with Crippen LogP contribution in [-0.4, -0.2) is 27.1 Å². The van der Waals surface area contributed by atoms with E-state index in [0.717, 1.165) is 29.2 Å². The number of ether oxygens (including phenoxy) is 3. The summed E-state index contributed by atoms with van der Waals surface area (Å²) in [4.78, 5) is 0. The van der Waals surface area contributed by atoms with Gasteiger partial charge in [0.1, 0.15) is 5.75 Å². The van der Waals surface area contributed by atoms with Crippen LogP contribution in [0.15, 0.2) is 12.1 Å². The van der Waals surface area contributed by atoms with Crippen LogP contribution in [0.2, 0.25) is 0 Å². The third-order valence-electron chi connectivity index (χ3n) is 2.17. The molecule has 0 fully saturated rings. The Hall–Kier alpha value is -1.03. The van der Waals surface area contributed by atoms with Crippen molar-refractivity contribution in [2.75, 3.05) is 27.1 Å². The van der Waals surface area contributed by atoms with E-state index >= 15 is 0 Å². The average molecular weight is 228 g/mol. The second kappa shape index (κ2) is 5.75. The Morgan fingerprint density at radius 3 is 1.93 bits per heavy atom. The molecular formula is C11H16O3S. The van der Waals surface area contributed by atoms with Gasteiger partial charge in [-0.05, 0) is 23.8 Å². The van der Waals surface area contributed by atoms with Crippen molar-refractivity contribution in [2.24, 2.45) is 0 Å². The van der Waals surface area contributed by atoms with Crippen molar-refractivity contribution in [3.63, 3.8) is 0 Å². The van der Waals surface area contributed by atoms with Crippen molar-refractivity contribution in [1.29, 1.82) is 0 Å². The molecule has 0 radical (unpaired) electrons. The molecule has 15 heavy (non-hydrogen) atoms. The minimum atomic E-state index is 0.678. The largest absolute Gasteiger partial charge is 0.496 e. The number of hydrogen-bond donors (Lipinski definition) is 1. The Bertz CT molecular complexity index is 326. The maximum absolute atomic E-state index is 5.27. The Balaban J connectivity index is 3.15. The molecule has 0 aromatic heterocycles. The lowest BCUT2D eigenvalue weighted by molar-refractivity contribution is 0.347. The molecule has 0 atom stereocenters. The highest BCUT2D eigenvalue weighted by Gasteiger charge is 2.10. The number of thiol groups is 1. The van der Waals surface area contributed by atoms with E-state index in [1.807, 2.05) is 12.1 Å². The van der Waals surface area contributed by atoms with Crippen molar-refractivity contribution in [1.82, 2.24) is 0 Å². The van der Waals surface area contributed by atoms with Crippen LogP contribution in [0.4, 0.5) is 0 Å². The first kappa shape index (κ1) is 12.0. The number of rotatable bonds is 5. The van der Waals surface area contributed by atoms with Crippen LogP contribution in [0.3, 0.4) is 0 Å². The molecule has 84 valence electrons. The topological polar surface area (TPSA) is 27.7 Å². The highest BCUT2D eigenvalue weighted by molar-refractivity contribution is 7.80. The van der Waals surface area contributed by atoms with Gasteiger partial charge in [-0.2, -0.15) is 12.6 Å². The van der Waals surface area contributed by atoms with Gasteiger partial charge in [-0.3, -0.25) is 0 Å². The summed E-state index contributed by atoms with van der Waals surface area (Å²) in [5, 5.41) is 0. The lowest BCUT2D eigenvalue weighted by Gasteiger charge is -2.13. The molecule has 1 rings (SSSR count). The Morgan fingerprint density at radius 1 is 0.933 bits per heavy atom. The fourth-order valence-electron chi connectivity index (χ4n) is 1.41. The lowest BCUT2D eigenvalue weighted by Crippen LogP contribution is -1.97. The monoisotopic (exact) mass is 228 g/mol. The smallest absolute Gasteiger partial charge is 0.164 e. The second-order valence-corrected chi connectivity index (χ2v) is 3.44. The average Bonchev–Trinajstić information content (AvgIpc) is 2.28. The second-order valence-electron chi connectivity index (χ2n) is 2.99. The Morgan fingerprint density at radius 2 is 1.47 bits per heavy atom. The fourth-order valence-corrected chi connectivity index (χ4v) is 1.65. The predicted molar refractivity (Wildman–Crippen MR) is 63.7 cm³/mol. The van der Waals surface area contributed by atoms with Crippen molar-refractivity contribution < 1.29 is 14.2 Å². The molecule has 0 aliphatic carbocycles. The van der Waals surface area contributed by atoms with Gasteiger partial charge >= 0.3 is 0 Å². The van der Waals surface area contributed by atoms with E-state index in [4.69, 9.17) is 14.2 Å². The zero-order valence-electron chi connectivity index (χ0n) is 9.24. The van der Waals surface area contributed by atoms with Gasteiger partial charge in [-0.25, -0.2) is 0 Å². The van der Waals surface area contributed by atoms with Crippen LogP contribution in [0.25, 0.3) is 0 Å². The summed E-state index contributed by atoms with van der Waals surface area (Å²) in [5.74, 6) is 2.97. The minimum Gasteiger partial charge on any atom is -0.496 e. The van der Waals surface area contributed by atoms with Crippen LogP contribution in [-0.2, 0) is 6.42 Å². The zero-order valence-corrected chi connectivity index (χ0v) is 10.1. The van der Waals surface area contributed by atoms with Gasteiger partial charge in [0.25, 0.3) is 0 Å². The summed E-state index contributed by atoms with van der Waals surface area (Å²) >= 11 is 4.20. The first-order valence-electron chi connectivity index (χ1n) is 4.66. The molecule has 0 unspecified atom stereocenters. The van der Waals surface area contributed by atoms with E-state index in [1.54, 1.807) is 21.3 Å². The molecule has 1 aromatic rings. The van der Waals surface area contributed by atoms with Crippen molar-refractivity contribution in [3.05, 3.63) is 17.7 Å². The lowest BCUT2D eigenvalue weighted by atomic mass is 10.1. The van der Waals surface area contributed by atoms with Crippen LogP contribution in [0.5, 0.6) is 17.2 Å². The van der Waals surface area contributed by atoms with Crippen molar-refractivity contribution in [2.45, 2.75) is 6.42 Å². The first-order chi connectivity index (χ1) is 7.26. The summed E-state index contributed by atoms with van der Waals surface area (Å²) in [5.41, 5.74) is 1.07. The fraction of sp³-hybridized carbons (Fsp3) is 0.455. The number of hydrogen-bond acceptors (Lipinski definition) is 4. The Labute approximate surface area is 95.8 Å². The molecule has 1 aromatic carbocycles. The molecule has 0 aliphatic rings. The van der Waals surface area contributed by atoms with Gasteiger partial charge in [0, 0.05) is 6.07 Å². The number of benzene rings is 1. The minimum absolute atomic E-state index is 0.678. The molecule has 0 saturated carbocycles. The van der Waals surface area contributed by atoms with E-state index in [1.165, 1.54) is 0 Å². The van der Waals surface area contributed by atoms with E-state index in [9.17, 15) is 0 Å². The molecule has 3 nitrogen and oxygen atoms in total. The molecule has 0 saturated heterocycles. The van der Waals surface area contributed by atoms with Crippen LogP contribution in [0, 0.1) is 0 Å². The molecule has 0 spiro atoms. The maximum atomic E-state index is 5.27. The van der Waals surface area contributed by atoms with Gasteiger partial charge in [-0.1, -0.05) is 0 Å². The van der Waals surface area contributed by atoms with Crippen molar-refractivity contribution >= 4 is 12.6 Å². The van der Waals surface area contributed by atoms with Crippen molar-refractivity contribution in [3.8, 4) is 17.2 Å². The summed E-state index contributed by atoms with van der Waals surface area (Å²) in [6, 6.07) is 3.76. The van der Waals surface area contributed by atoms with Gasteiger partial charge in [0.05, 0.1) is 21.3 Å². The van der Waals surface area contributed by atoms with Crippen LogP contribution < -0.4 is 14.2 Å². The Kier molecular flexibility index (Phi) is 4.62. The van der Waals surface area contributed by atoms with Gasteiger partial charge in [0.2, 0.25) is 0 Å². The quantitative estimate of drug-likeness (QED) is 0.783. The van der Waals surface area contributed by atoms with Crippen LogP contribution >= 0.6 is 12.6 Å². The zero-order chi connectivity index (χ0) is 11.3. The van der Waals surface area contributed by atoms with Gasteiger partial charge < -0.3 is 14.2 Å². The summed E-state index contributed by atoms with van der Waals surface area (Å²) < 4.78 is 15.7. The summed E-state index contributed by atoms with van der Waals surface area (Å²) in [7, 11) is 4.87. The molecular weight excluding hydrogens is 212 g/mol. The number of aryl methyl sites for hydroxylation is 1. The van der Waals surface area contributed by atoms with E-state index in [2.05, 4.69) is 12.6 Å². The summed E-state index contributed by atoms with van der Waals surface area (Å²) in [6.07, 6.45) is 0.840. The molecule has 0 heterocycles. The van der Waals surface area contributed by atoms with Gasteiger partial charge in [-0.15, -0.1) is 0 Å². The summed E-state index contributed by atoms with van der Waals surface area (Å²) in [6.45, 7) is 0. The van der Waals surface area contributed by atoms with E-state index < -0.39 is 0 Å². The molecule has 0 aliphatic heterocycles. The van der Waals surface area contributed by atoms with Gasteiger partial charge in [0.15, 0.2) is 11.5 Å². The normalized spacial score (nSPS) is 9.87. The molecule has 0 bridgehead atoms. The van der Waals surface area contributed by atoms with E-state index in [0.29, 0.717) is 5.75 Å². The highest BCUT2D eigenvalue weighted by Crippen LogP contribution is 2.34. The standard InChI is InChI=1S/C11H16O3S/c1-12-9-7-11(14-3)10(13-2)6-8(9)4-5-15/h6-7,15H,4-5H2,1-3H3. The van der Waals surface area contributed by atoms with E-state index in [-0.39, 0.29) is 0 Å². The predicted octanol–water partition coefficient (Wildman–Crippen LogP) is 2.18. The third-order valence-corrected chi connectivity index (χ3v) is 2.39. The highest BCUT2D eigenvalue weighted by atomic mass is 32.1. The molecule has 0 amide bonds. The molecule has 0 N–H and O–H groups in total. The molecule has 4 heteroatoms. The third kappa shape index (κ3) is 2.72. The first-order valence-corrected chi connectivity index (χ1v) is 5.29. The number of methoxy groups -OCH3 is 3. The van der Waals surface area contributed by atoms with Crippen LogP contribution in [0.1, 0.15) is 5.56 Å².